The number of hydrogen-bond donors (Lipinski definition) is 4. The molecule has 7 nitrogen and oxygen atoms in total. The predicted molar refractivity (Wildman–Crippen MR) is 78.6 cm³/mol. The van der Waals surface area contributed by atoms with Crippen LogP contribution in [0.3, 0.4) is 0 Å². The van der Waals surface area contributed by atoms with E-state index in [-0.39, 0.29) is 11.4 Å². The third kappa shape index (κ3) is 3.73. The van der Waals surface area contributed by atoms with Gasteiger partial charge in [0.05, 0.1) is 22.7 Å². The van der Waals surface area contributed by atoms with Gasteiger partial charge in [-0.1, -0.05) is 11.6 Å². The zero-order chi connectivity index (χ0) is 15.4. The average molecular weight is 308 g/mol. The van der Waals surface area contributed by atoms with Crippen LogP contribution in [-0.2, 0) is 11.2 Å². The van der Waals surface area contributed by atoms with Crippen molar-refractivity contribution in [3.63, 3.8) is 0 Å². The summed E-state index contributed by atoms with van der Waals surface area (Å²) in [5.41, 5.74) is 12.2. The van der Waals surface area contributed by atoms with E-state index < -0.39 is 17.9 Å². The molecule has 1 heterocycles. The Hall–Kier alpha value is -2.54. The van der Waals surface area contributed by atoms with Gasteiger partial charge in [0.1, 0.15) is 6.04 Å². The minimum atomic E-state index is -0.864. The molecule has 0 aliphatic carbocycles. The van der Waals surface area contributed by atoms with Gasteiger partial charge in [0.25, 0.3) is 5.91 Å². The number of imidazole rings is 1. The monoisotopic (exact) mass is 307 g/mol. The second kappa shape index (κ2) is 6.27. The van der Waals surface area contributed by atoms with E-state index in [1.807, 2.05) is 0 Å². The molecule has 1 atom stereocenters. The maximum absolute atomic E-state index is 12.1. The number of carbonyl (C=O) groups excluding carboxylic acids is 2. The van der Waals surface area contributed by atoms with Gasteiger partial charge < -0.3 is 21.8 Å². The zero-order valence-corrected chi connectivity index (χ0v) is 11.7. The number of nitrogens with zero attached hydrogens (tertiary/aromatic N) is 1. The fourth-order valence-electron chi connectivity index (χ4n) is 1.74. The predicted octanol–water partition coefficient (Wildman–Crippen LogP) is 0.472. The van der Waals surface area contributed by atoms with Crippen LogP contribution in [-0.4, -0.2) is 27.8 Å². The lowest BCUT2D eigenvalue weighted by Crippen LogP contribution is -2.45. The molecule has 0 aliphatic rings. The summed E-state index contributed by atoms with van der Waals surface area (Å²) in [7, 11) is 0. The molecule has 2 amide bonds. The van der Waals surface area contributed by atoms with Crippen LogP contribution in [0.2, 0.25) is 5.02 Å². The Morgan fingerprint density at radius 3 is 2.76 bits per heavy atom. The van der Waals surface area contributed by atoms with E-state index in [1.54, 1.807) is 6.20 Å². The number of carbonyl (C=O) groups is 2. The van der Waals surface area contributed by atoms with Gasteiger partial charge in [-0.25, -0.2) is 4.98 Å². The molecule has 0 radical (unpaired) electrons. The molecule has 21 heavy (non-hydrogen) atoms. The number of aromatic nitrogens is 2. The summed E-state index contributed by atoms with van der Waals surface area (Å²) in [5.74, 6) is -1.11. The molecule has 8 heteroatoms. The van der Waals surface area contributed by atoms with Crippen LogP contribution in [0.1, 0.15) is 16.1 Å². The number of nitrogen functional groups attached to an aromatic ring is 1. The van der Waals surface area contributed by atoms with E-state index in [0.29, 0.717) is 16.9 Å². The van der Waals surface area contributed by atoms with E-state index in [9.17, 15) is 9.59 Å². The van der Waals surface area contributed by atoms with Crippen LogP contribution in [0.5, 0.6) is 0 Å². The average Bonchev–Trinajstić information content (AvgIpc) is 2.93. The summed E-state index contributed by atoms with van der Waals surface area (Å²) in [6.45, 7) is 0. The molecule has 0 fully saturated rings. The number of amides is 2. The summed E-state index contributed by atoms with van der Waals surface area (Å²) < 4.78 is 0. The number of benzene rings is 1. The molecule has 2 aromatic rings. The number of primary amides is 1. The van der Waals surface area contributed by atoms with Gasteiger partial charge in [-0.05, 0) is 18.2 Å². The largest absolute Gasteiger partial charge is 0.398 e. The first-order valence-corrected chi connectivity index (χ1v) is 6.48. The zero-order valence-electron chi connectivity index (χ0n) is 11.0. The molecular formula is C13H14ClN5O2. The molecule has 1 aromatic carbocycles. The summed E-state index contributed by atoms with van der Waals surface area (Å²) in [6.07, 6.45) is 3.31. The molecular weight excluding hydrogens is 294 g/mol. The first-order valence-electron chi connectivity index (χ1n) is 6.10. The minimum Gasteiger partial charge on any atom is -0.398 e. The van der Waals surface area contributed by atoms with Crippen molar-refractivity contribution in [2.45, 2.75) is 12.5 Å². The SMILES string of the molecule is NC(=O)[C@H](Cc1c[nH]cn1)NC(=O)c1ccc(N)c(Cl)c1. The smallest absolute Gasteiger partial charge is 0.251 e. The van der Waals surface area contributed by atoms with Crippen molar-refractivity contribution in [2.24, 2.45) is 5.73 Å². The molecule has 1 aromatic heterocycles. The molecule has 0 saturated carbocycles. The minimum absolute atomic E-state index is 0.202. The van der Waals surface area contributed by atoms with Gasteiger partial charge in [-0.3, -0.25) is 9.59 Å². The van der Waals surface area contributed by atoms with E-state index in [4.69, 9.17) is 23.1 Å². The number of hydrogen-bond acceptors (Lipinski definition) is 4. The number of rotatable bonds is 5. The Labute approximate surface area is 125 Å². The van der Waals surface area contributed by atoms with E-state index >= 15 is 0 Å². The Balaban J connectivity index is 2.10. The Morgan fingerprint density at radius 1 is 1.43 bits per heavy atom. The summed E-state index contributed by atoms with van der Waals surface area (Å²) in [5, 5.41) is 2.82. The Kier molecular flexibility index (Phi) is 4.44. The highest BCUT2D eigenvalue weighted by Gasteiger charge is 2.20. The second-order valence-corrected chi connectivity index (χ2v) is 4.84. The van der Waals surface area contributed by atoms with Gasteiger partial charge in [0.15, 0.2) is 0 Å². The summed E-state index contributed by atoms with van der Waals surface area (Å²) in [6, 6.07) is 3.60. The molecule has 0 spiro atoms. The van der Waals surface area contributed by atoms with Gasteiger partial charge in [-0.2, -0.15) is 0 Å². The van der Waals surface area contributed by atoms with Crippen LogP contribution >= 0.6 is 11.6 Å². The lowest BCUT2D eigenvalue weighted by atomic mass is 10.1. The first kappa shape index (κ1) is 14.9. The molecule has 0 unspecified atom stereocenters. The highest BCUT2D eigenvalue weighted by atomic mass is 35.5. The summed E-state index contributed by atoms with van der Waals surface area (Å²) >= 11 is 5.86. The van der Waals surface area contributed by atoms with Crippen molar-refractivity contribution in [1.82, 2.24) is 15.3 Å². The van der Waals surface area contributed by atoms with Crippen molar-refractivity contribution in [1.29, 1.82) is 0 Å². The topological polar surface area (TPSA) is 127 Å². The van der Waals surface area contributed by atoms with E-state index in [1.165, 1.54) is 24.5 Å². The third-order valence-corrected chi connectivity index (χ3v) is 3.21. The normalized spacial score (nSPS) is 11.9. The number of H-pyrrole nitrogens is 1. The maximum atomic E-state index is 12.1. The Morgan fingerprint density at radius 2 is 2.19 bits per heavy atom. The van der Waals surface area contributed by atoms with Gasteiger partial charge in [0, 0.05) is 18.2 Å². The molecule has 6 N–H and O–H groups in total. The number of aromatic amines is 1. The van der Waals surface area contributed by atoms with E-state index in [2.05, 4.69) is 15.3 Å². The molecule has 0 saturated heterocycles. The number of halogens is 1. The standard InChI is InChI=1S/C13H14ClN5O2/c14-9-3-7(1-2-10(9)15)13(21)19-11(12(16)20)4-8-5-17-6-18-8/h1-3,5-6,11H,4,15H2,(H2,16,20)(H,17,18)(H,19,21)/t11-/m0/s1. The van der Waals surface area contributed by atoms with Gasteiger partial charge in [0.2, 0.25) is 5.91 Å². The van der Waals surface area contributed by atoms with Crippen molar-refractivity contribution in [2.75, 3.05) is 5.73 Å². The highest BCUT2D eigenvalue weighted by molar-refractivity contribution is 6.33. The molecule has 0 bridgehead atoms. The molecule has 110 valence electrons. The van der Waals surface area contributed by atoms with Crippen molar-refractivity contribution in [3.05, 3.63) is 47.0 Å². The highest BCUT2D eigenvalue weighted by Crippen LogP contribution is 2.19. The lowest BCUT2D eigenvalue weighted by Gasteiger charge is -2.14. The lowest BCUT2D eigenvalue weighted by molar-refractivity contribution is -0.119. The quantitative estimate of drug-likeness (QED) is 0.599. The maximum Gasteiger partial charge on any atom is 0.251 e. The van der Waals surface area contributed by atoms with Crippen molar-refractivity contribution < 1.29 is 9.59 Å². The van der Waals surface area contributed by atoms with Crippen LogP contribution in [0, 0.1) is 0 Å². The Bertz CT molecular complexity index is 657. The summed E-state index contributed by atoms with van der Waals surface area (Å²) in [4.78, 5) is 30.3. The fourth-order valence-corrected chi connectivity index (χ4v) is 1.92. The third-order valence-electron chi connectivity index (χ3n) is 2.88. The van der Waals surface area contributed by atoms with Crippen LogP contribution < -0.4 is 16.8 Å². The van der Waals surface area contributed by atoms with Gasteiger partial charge in [-0.15, -0.1) is 0 Å². The number of nitrogens with two attached hydrogens (primary N) is 2. The second-order valence-electron chi connectivity index (χ2n) is 4.43. The van der Waals surface area contributed by atoms with Crippen LogP contribution in [0.25, 0.3) is 0 Å². The first-order chi connectivity index (χ1) is 9.97. The van der Waals surface area contributed by atoms with Crippen molar-refractivity contribution >= 4 is 29.1 Å². The molecule has 0 aliphatic heterocycles. The van der Waals surface area contributed by atoms with E-state index in [0.717, 1.165) is 0 Å². The van der Waals surface area contributed by atoms with Crippen LogP contribution in [0.4, 0.5) is 5.69 Å². The van der Waals surface area contributed by atoms with Crippen LogP contribution in [0.15, 0.2) is 30.7 Å². The number of anilines is 1. The van der Waals surface area contributed by atoms with Gasteiger partial charge >= 0.3 is 0 Å². The van der Waals surface area contributed by atoms with Crippen molar-refractivity contribution in [3.8, 4) is 0 Å². The molecule has 2 rings (SSSR count). The number of nitrogens with one attached hydrogen (secondary N) is 2. The fraction of sp³-hybridized carbons (Fsp3) is 0.154.